The first kappa shape index (κ1) is 11.7. The van der Waals surface area contributed by atoms with Gasteiger partial charge in [-0.1, -0.05) is 0 Å². The number of rotatable bonds is 4. The number of hydrogen-bond acceptors (Lipinski definition) is 3. The van der Waals surface area contributed by atoms with Gasteiger partial charge in [0.1, 0.15) is 0 Å². The molecule has 1 rings (SSSR count). The predicted molar refractivity (Wildman–Crippen MR) is 57.4 cm³/mol. The van der Waals surface area contributed by atoms with Crippen LogP contribution in [0.25, 0.3) is 0 Å². The van der Waals surface area contributed by atoms with Gasteiger partial charge in [-0.3, -0.25) is 9.00 Å². The highest BCUT2D eigenvalue weighted by Gasteiger charge is 2.18. The molecule has 0 atom stereocenters. The first-order valence-corrected chi connectivity index (χ1v) is 6.55. The van der Waals surface area contributed by atoms with Gasteiger partial charge in [0.25, 0.3) is 0 Å². The summed E-state index contributed by atoms with van der Waals surface area (Å²) in [5.41, 5.74) is 5.35. The molecule has 0 spiro atoms. The highest BCUT2D eigenvalue weighted by atomic mass is 32.2. The number of carbonyl (C=O) groups is 1. The average Bonchev–Trinajstić information content (AvgIpc) is 2.19. The summed E-state index contributed by atoms with van der Waals surface area (Å²) in [7, 11) is -0.699. The van der Waals surface area contributed by atoms with Crippen LogP contribution in [0.1, 0.15) is 19.3 Å². The predicted octanol–water partition coefficient (Wildman–Crippen LogP) is -0.294. The first-order chi connectivity index (χ1) is 6.74. The molecule has 0 aromatic heterocycles. The van der Waals surface area contributed by atoms with Crippen LogP contribution in [0.15, 0.2) is 0 Å². The van der Waals surface area contributed by atoms with Crippen molar-refractivity contribution >= 4 is 16.7 Å². The number of nitrogens with zero attached hydrogens (tertiary/aromatic N) is 1. The number of nitrogens with two attached hydrogens (primary N) is 1. The fourth-order valence-electron chi connectivity index (χ4n) is 1.47. The molecule has 1 amide bonds. The van der Waals surface area contributed by atoms with Crippen LogP contribution < -0.4 is 5.73 Å². The third-order valence-corrected chi connectivity index (χ3v) is 3.65. The van der Waals surface area contributed by atoms with Crippen LogP contribution in [0.5, 0.6) is 0 Å². The van der Waals surface area contributed by atoms with E-state index in [2.05, 4.69) is 0 Å². The molecule has 1 fully saturated rings. The lowest BCUT2D eigenvalue weighted by atomic mass is 10.2. The van der Waals surface area contributed by atoms with E-state index in [0.717, 1.165) is 12.8 Å². The highest BCUT2D eigenvalue weighted by Crippen LogP contribution is 2.05. The minimum Gasteiger partial charge on any atom is -0.341 e. The Kier molecular flexibility index (Phi) is 5.11. The quantitative estimate of drug-likeness (QED) is 0.659. The van der Waals surface area contributed by atoms with Crippen LogP contribution >= 0.6 is 0 Å². The smallest absolute Gasteiger partial charge is 0.222 e. The summed E-state index contributed by atoms with van der Waals surface area (Å²) < 4.78 is 11.0. The minimum atomic E-state index is -0.699. The fraction of sp³-hybridized carbons (Fsp3) is 0.889. The van der Waals surface area contributed by atoms with Crippen molar-refractivity contribution in [1.29, 1.82) is 0 Å². The van der Waals surface area contributed by atoms with Gasteiger partial charge in [0.05, 0.1) is 0 Å². The minimum absolute atomic E-state index is 0.190. The Morgan fingerprint density at radius 1 is 1.29 bits per heavy atom. The van der Waals surface area contributed by atoms with E-state index in [4.69, 9.17) is 5.73 Å². The van der Waals surface area contributed by atoms with Crippen LogP contribution in [-0.2, 0) is 15.6 Å². The second kappa shape index (κ2) is 6.14. The second-order valence-corrected chi connectivity index (χ2v) is 5.17. The van der Waals surface area contributed by atoms with Crippen molar-refractivity contribution in [3.63, 3.8) is 0 Å². The molecule has 4 nitrogen and oxygen atoms in total. The molecule has 1 aliphatic rings. The largest absolute Gasteiger partial charge is 0.341 e. The molecule has 1 heterocycles. The molecule has 82 valence electrons. The molecule has 0 aromatic rings. The lowest BCUT2D eigenvalue weighted by molar-refractivity contribution is -0.130. The Balaban J connectivity index is 2.20. The summed E-state index contributed by atoms with van der Waals surface area (Å²) in [6.45, 7) is 1.97. The molecular weight excluding hydrogens is 200 g/mol. The van der Waals surface area contributed by atoms with Crippen molar-refractivity contribution in [2.45, 2.75) is 19.3 Å². The van der Waals surface area contributed by atoms with E-state index in [9.17, 15) is 9.00 Å². The van der Waals surface area contributed by atoms with Gasteiger partial charge in [-0.15, -0.1) is 0 Å². The molecule has 1 saturated heterocycles. The maximum atomic E-state index is 11.6. The van der Waals surface area contributed by atoms with Gasteiger partial charge in [-0.25, -0.2) is 0 Å². The summed E-state index contributed by atoms with van der Waals surface area (Å²) >= 11 is 0. The van der Waals surface area contributed by atoms with Crippen LogP contribution in [0.4, 0.5) is 0 Å². The van der Waals surface area contributed by atoms with E-state index in [-0.39, 0.29) is 5.91 Å². The Morgan fingerprint density at radius 2 is 1.93 bits per heavy atom. The summed E-state index contributed by atoms with van der Waals surface area (Å²) in [4.78, 5) is 13.4. The average molecular weight is 218 g/mol. The molecule has 0 radical (unpaired) electrons. The molecule has 0 bridgehead atoms. The van der Waals surface area contributed by atoms with Crippen molar-refractivity contribution in [3.8, 4) is 0 Å². The third-order valence-electron chi connectivity index (χ3n) is 2.38. The maximum Gasteiger partial charge on any atom is 0.222 e. The van der Waals surface area contributed by atoms with Crippen molar-refractivity contribution < 1.29 is 9.00 Å². The zero-order chi connectivity index (χ0) is 10.4. The van der Waals surface area contributed by atoms with Crippen LogP contribution in [0, 0.1) is 0 Å². The molecule has 0 aliphatic carbocycles. The number of hydrogen-bond donors (Lipinski definition) is 1. The fourth-order valence-corrected chi connectivity index (χ4v) is 2.52. The molecule has 0 aromatic carbocycles. The van der Waals surface area contributed by atoms with Gasteiger partial charge in [-0.05, 0) is 19.4 Å². The Morgan fingerprint density at radius 3 is 2.50 bits per heavy atom. The maximum absolute atomic E-state index is 11.6. The van der Waals surface area contributed by atoms with Crippen LogP contribution in [0.2, 0.25) is 0 Å². The zero-order valence-corrected chi connectivity index (χ0v) is 9.22. The van der Waals surface area contributed by atoms with Crippen LogP contribution in [-0.4, -0.2) is 46.2 Å². The van der Waals surface area contributed by atoms with Crippen molar-refractivity contribution in [2.24, 2.45) is 5.73 Å². The van der Waals surface area contributed by atoms with E-state index in [1.807, 2.05) is 4.90 Å². The Labute approximate surface area is 87.3 Å². The summed E-state index contributed by atoms with van der Waals surface area (Å²) in [6.07, 6.45) is 2.37. The van der Waals surface area contributed by atoms with Crippen molar-refractivity contribution in [2.75, 3.05) is 31.1 Å². The number of carbonyl (C=O) groups excluding carboxylic acids is 1. The molecule has 0 unspecified atom stereocenters. The Hall–Kier alpha value is -0.420. The lowest BCUT2D eigenvalue weighted by Crippen LogP contribution is -2.41. The van der Waals surface area contributed by atoms with Gasteiger partial charge in [0.2, 0.25) is 5.91 Å². The third kappa shape index (κ3) is 3.75. The summed E-state index contributed by atoms with van der Waals surface area (Å²) in [6, 6.07) is 0. The van der Waals surface area contributed by atoms with Gasteiger partial charge in [0.15, 0.2) is 0 Å². The Bertz CT molecular complexity index is 211. The first-order valence-electron chi connectivity index (χ1n) is 5.07. The van der Waals surface area contributed by atoms with E-state index in [1.54, 1.807) is 0 Å². The molecular formula is C9H18N2O2S. The van der Waals surface area contributed by atoms with Crippen molar-refractivity contribution in [1.82, 2.24) is 4.90 Å². The van der Waals surface area contributed by atoms with Crippen LogP contribution in [0.3, 0.4) is 0 Å². The van der Waals surface area contributed by atoms with Gasteiger partial charge >= 0.3 is 0 Å². The zero-order valence-electron chi connectivity index (χ0n) is 8.41. The van der Waals surface area contributed by atoms with E-state index in [1.165, 1.54) is 0 Å². The van der Waals surface area contributed by atoms with E-state index < -0.39 is 10.8 Å². The molecule has 14 heavy (non-hydrogen) atoms. The molecule has 2 N–H and O–H groups in total. The standard InChI is InChI=1S/C9H18N2O2S/c10-4-2-1-3-9(12)11-5-7-14(13)8-6-11/h1-8,10H2. The second-order valence-electron chi connectivity index (χ2n) is 3.47. The van der Waals surface area contributed by atoms with Gasteiger partial charge in [-0.2, -0.15) is 0 Å². The lowest BCUT2D eigenvalue weighted by Gasteiger charge is -2.26. The topological polar surface area (TPSA) is 63.4 Å². The molecule has 0 saturated carbocycles. The summed E-state index contributed by atoms with van der Waals surface area (Å²) in [5, 5.41) is 0. The molecule has 5 heteroatoms. The molecule has 1 aliphatic heterocycles. The van der Waals surface area contributed by atoms with E-state index in [0.29, 0.717) is 37.6 Å². The monoisotopic (exact) mass is 218 g/mol. The SMILES string of the molecule is NCCCCC(=O)N1CCS(=O)CC1. The highest BCUT2D eigenvalue weighted by molar-refractivity contribution is 7.85. The van der Waals surface area contributed by atoms with Crippen molar-refractivity contribution in [3.05, 3.63) is 0 Å². The van der Waals surface area contributed by atoms with E-state index >= 15 is 0 Å². The van der Waals surface area contributed by atoms with Gasteiger partial charge in [0, 0.05) is 41.8 Å². The number of amides is 1. The summed E-state index contributed by atoms with van der Waals surface area (Å²) in [5.74, 6) is 1.47. The number of unbranched alkanes of at least 4 members (excludes halogenated alkanes) is 1. The normalized spacial score (nSPS) is 18.5. The van der Waals surface area contributed by atoms with Gasteiger partial charge < -0.3 is 10.6 Å².